The van der Waals surface area contributed by atoms with Crippen LogP contribution in [0.15, 0.2) is 0 Å². The van der Waals surface area contributed by atoms with Gasteiger partial charge in [0.15, 0.2) is 0 Å². The van der Waals surface area contributed by atoms with Crippen molar-refractivity contribution >= 4 is 17.9 Å². The molecule has 0 aromatic rings. The second kappa shape index (κ2) is 9.39. The molecule has 0 aromatic carbocycles. The molecule has 2 rings (SSSR count). The Hall–Kier alpha value is -1.83. The van der Waals surface area contributed by atoms with E-state index in [2.05, 4.69) is 16.0 Å². The molecule has 1 saturated heterocycles. The highest BCUT2D eigenvalue weighted by molar-refractivity contribution is 5.86. The number of aliphatic hydroxyl groups is 1. The van der Waals surface area contributed by atoms with Gasteiger partial charge in [-0.05, 0) is 39.0 Å². The standard InChI is InChI=1S/C19H33N3O5/c1-19(2)10-13(16(24)22-19)9-14(11-23)20-17(25)15(21-18(26)27)8-12-6-4-3-5-7-12/h12-15,21,23H,3-11H2,1-2H3,(H,20,25)(H,22,24)(H,26,27)/t13?,14?,15-/m0/s1. The first kappa shape index (κ1) is 21.5. The Morgan fingerprint density at radius 1 is 1.19 bits per heavy atom. The van der Waals surface area contributed by atoms with E-state index in [9.17, 15) is 19.5 Å². The van der Waals surface area contributed by atoms with Gasteiger partial charge in [0, 0.05) is 11.5 Å². The van der Waals surface area contributed by atoms with Crippen LogP contribution in [0.4, 0.5) is 4.79 Å². The smallest absolute Gasteiger partial charge is 0.405 e. The first-order chi connectivity index (χ1) is 12.7. The third-order valence-electron chi connectivity index (χ3n) is 5.63. The summed E-state index contributed by atoms with van der Waals surface area (Å²) in [5.74, 6) is -0.452. The average molecular weight is 383 g/mol. The number of hydrogen-bond donors (Lipinski definition) is 5. The van der Waals surface area contributed by atoms with Gasteiger partial charge in [-0.15, -0.1) is 0 Å². The molecule has 2 aliphatic rings. The summed E-state index contributed by atoms with van der Waals surface area (Å²) in [5, 5.41) is 26.7. The van der Waals surface area contributed by atoms with Crippen molar-refractivity contribution in [2.24, 2.45) is 11.8 Å². The summed E-state index contributed by atoms with van der Waals surface area (Å²) >= 11 is 0. The SMILES string of the molecule is CC1(C)CC(CC(CO)NC(=O)[C@H](CC2CCCCC2)NC(=O)O)C(=O)N1. The Labute approximate surface area is 160 Å². The van der Waals surface area contributed by atoms with Crippen molar-refractivity contribution in [1.82, 2.24) is 16.0 Å². The lowest BCUT2D eigenvalue weighted by molar-refractivity contribution is -0.126. The van der Waals surface area contributed by atoms with Crippen LogP contribution in [0.1, 0.15) is 65.2 Å². The van der Waals surface area contributed by atoms with Crippen LogP contribution < -0.4 is 16.0 Å². The maximum absolute atomic E-state index is 12.7. The van der Waals surface area contributed by atoms with E-state index in [0.29, 0.717) is 25.2 Å². The molecule has 27 heavy (non-hydrogen) atoms. The van der Waals surface area contributed by atoms with Crippen LogP contribution in [0.2, 0.25) is 0 Å². The summed E-state index contributed by atoms with van der Waals surface area (Å²) in [6.45, 7) is 3.59. The fourth-order valence-electron chi connectivity index (χ4n) is 4.35. The van der Waals surface area contributed by atoms with Gasteiger partial charge in [0.1, 0.15) is 6.04 Å². The lowest BCUT2D eigenvalue weighted by Gasteiger charge is -2.27. The molecule has 5 N–H and O–H groups in total. The van der Waals surface area contributed by atoms with Crippen molar-refractivity contribution in [3.05, 3.63) is 0 Å². The van der Waals surface area contributed by atoms with Gasteiger partial charge in [-0.2, -0.15) is 0 Å². The van der Waals surface area contributed by atoms with Gasteiger partial charge in [-0.1, -0.05) is 32.1 Å². The predicted octanol–water partition coefficient (Wildman–Crippen LogP) is 1.37. The largest absolute Gasteiger partial charge is 0.465 e. The summed E-state index contributed by atoms with van der Waals surface area (Å²) in [7, 11) is 0. The molecule has 0 bridgehead atoms. The van der Waals surface area contributed by atoms with Crippen molar-refractivity contribution in [3.8, 4) is 0 Å². The van der Waals surface area contributed by atoms with Crippen LogP contribution in [0.3, 0.4) is 0 Å². The first-order valence-electron chi connectivity index (χ1n) is 9.93. The molecule has 8 nitrogen and oxygen atoms in total. The molecule has 1 saturated carbocycles. The molecule has 1 aliphatic carbocycles. The lowest BCUT2D eigenvalue weighted by Crippen LogP contribution is -2.51. The van der Waals surface area contributed by atoms with Gasteiger partial charge >= 0.3 is 6.09 Å². The molecular formula is C19H33N3O5. The van der Waals surface area contributed by atoms with Crippen LogP contribution in [-0.4, -0.2) is 52.4 Å². The monoisotopic (exact) mass is 383 g/mol. The van der Waals surface area contributed by atoms with Crippen LogP contribution in [0.5, 0.6) is 0 Å². The molecule has 2 unspecified atom stereocenters. The topological polar surface area (TPSA) is 128 Å². The number of nitrogens with one attached hydrogen (secondary N) is 3. The van der Waals surface area contributed by atoms with E-state index in [1.807, 2.05) is 13.8 Å². The molecule has 8 heteroatoms. The number of carbonyl (C=O) groups excluding carboxylic acids is 2. The molecular weight excluding hydrogens is 350 g/mol. The Balaban J connectivity index is 1.94. The van der Waals surface area contributed by atoms with E-state index in [1.54, 1.807) is 0 Å². The van der Waals surface area contributed by atoms with E-state index >= 15 is 0 Å². The number of carboxylic acid groups (broad SMARTS) is 1. The normalized spacial score (nSPS) is 24.7. The highest BCUT2D eigenvalue weighted by Gasteiger charge is 2.38. The number of aliphatic hydroxyl groups excluding tert-OH is 1. The Kier molecular flexibility index (Phi) is 7.47. The molecule has 3 atom stereocenters. The minimum atomic E-state index is -1.23. The van der Waals surface area contributed by atoms with Crippen molar-refractivity contribution in [1.29, 1.82) is 0 Å². The molecule has 154 valence electrons. The summed E-state index contributed by atoms with van der Waals surface area (Å²) in [5.41, 5.74) is -0.292. The van der Waals surface area contributed by atoms with Gasteiger partial charge in [-0.25, -0.2) is 4.79 Å². The summed E-state index contributed by atoms with van der Waals surface area (Å²) in [4.78, 5) is 35.8. The molecule has 3 amide bonds. The van der Waals surface area contributed by atoms with Crippen LogP contribution in [0.25, 0.3) is 0 Å². The third-order valence-corrected chi connectivity index (χ3v) is 5.63. The van der Waals surface area contributed by atoms with Gasteiger partial charge in [-0.3, -0.25) is 9.59 Å². The zero-order chi connectivity index (χ0) is 20.0. The van der Waals surface area contributed by atoms with Crippen molar-refractivity contribution in [3.63, 3.8) is 0 Å². The Morgan fingerprint density at radius 3 is 2.37 bits per heavy atom. The fraction of sp³-hybridized carbons (Fsp3) is 0.842. The molecule has 0 radical (unpaired) electrons. The molecule has 1 heterocycles. The molecule has 2 fully saturated rings. The zero-order valence-corrected chi connectivity index (χ0v) is 16.3. The number of amides is 3. The average Bonchev–Trinajstić information content (AvgIpc) is 2.85. The minimum Gasteiger partial charge on any atom is -0.465 e. The van der Waals surface area contributed by atoms with Gasteiger partial charge in [0.05, 0.1) is 12.6 Å². The third kappa shape index (κ3) is 6.68. The van der Waals surface area contributed by atoms with Crippen LogP contribution in [0, 0.1) is 11.8 Å². The van der Waals surface area contributed by atoms with E-state index < -0.39 is 24.1 Å². The summed E-state index contributed by atoms with van der Waals surface area (Å²) in [6.07, 6.45) is 5.62. The van der Waals surface area contributed by atoms with Crippen molar-refractivity contribution < 1.29 is 24.6 Å². The number of hydrogen-bond acceptors (Lipinski definition) is 4. The number of carbonyl (C=O) groups is 3. The maximum Gasteiger partial charge on any atom is 0.405 e. The lowest BCUT2D eigenvalue weighted by atomic mass is 9.84. The summed E-state index contributed by atoms with van der Waals surface area (Å²) in [6, 6.07) is -1.42. The van der Waals surface area contributed by atoms with E-state index in [0.717, 1.165) is 25.7 Å². The van der Waals surface area contributed by atoms with Gasteiger partial charge in [0.25, 0.3) is 0 Å². The van der Waals surface area contributed by atoms with Crippen molar-refractivity contribution in [2.75, 3.05) is 6.61 Å². The minimum absolute atomic E-state index is 0.0740. The predicted molar refractivity (Wildman–Crippen MR) is 100 cm³/mol. The van der Waals surface area contributed by atoms with Crippen molar-refractivity contribution in [2.45, 2.75) is 82.8 Å². The van der Waals surface area contributed by atoms with E-state index in [4.69, 9.17) is 5.11 Å². The summed E-state index contributed by atoms with van der Waals surface area (Å²) < 4.78 is 0. The second-order valence-electron chi connectivity index (χ2n) is 8.64. The Morgan fingerprint density at radius 2 is 1.85 bits per heavy atom. The van der Waals surface area contributed by atoms with Gasteiger partial charge < -0.3 is 26.2 Å². The zero-order valence-electron chi connectivity index (χ0n) is 16.3. The van der Waals surface area contributed by atoms with Crippen LogP contribution >= 0.6 is 0 Å². The maximum atomic E-state index is 12.7. The highest BCUT2D eigenvalue weighted by atomic mass is 16.4. The molecule has 1 aliphatic heterocycles. The second-order valence-corrected chi connectivity index (χ2v) is 8.64. The van der Waals surface area contributed by atoms with Crippen LogP contribution in [-0.2, 0) is 9.59 Å². The number of rotatable bonds is 8. The molecule has 0 aromatic heterocycles. The highest BCUT2D eigenvalue weighted by Crippen LogP contribution is 2.29. The van der Waals surface area contributed by atoms with E-state index in [1.165, 1.54) is 6.42 Å². The first-order valence-corrected chi connectivity index (χ1v) is 9.93. The van der Waals surface area contributed by atoms with Gasteiger partial charge in [0.2, 0.25) is 11.8 Å². The fourth-order valence-corrected chi connectivity index (χ4v) is 4.35. The van der Waals surface area contributed by atoms with E-state index in [-0.39, 0.29) is 24.0 Å². The quantitative estimate of drug-likeness (QED) is 0.433. The Bertz CT molecular complexity index is 545. The molecule has 0 spiro atoms.